The third-order valence-corrected chi connectivity index (χ3v) is 7.30. The maximum Gasteiger partial charge on any atom is 0.119 e. The molecule has 0 spiro atoms. The van der Waals surface area contributed by atoms with Crippen molar-refractivity contribution in [2.24, 2.45) is 4.99 Å². The fourth-order valence-electron chi connectivity index (χ4n) is 5.54. The Morgan fingerprint density at radius 3 is 2.57 bits per heavy atom. The van der Waals surface area contributed by atoms with Gasteiger partial charge in [0.15, 0.2) is 0 Å². The molecular weight excluding hydrogens is 436 g/mol. The molecule has 0 aromatic heterocycles. The van der Waals surface area contributed by atoms with Gasteiger partial charge in [0.25, 0.3) is 0 Å². The third-order valence-electron chi connectivity index (χ3n) is 7.30. The van der Waals surface area contributed by atoms with E-state index in [2.05, 4.69) is 17.0 Å². The number of phenols is 1. The lowest BCUT2D eigenvalue weighted by molar-refractivity contribution is 0.183. The Balaban J connectivity index is 1.23. The summed E-state index contributed by atoms with van der Waals surface area (Å²) in [5.41, 5.74) is 3.24. The summed E-state index contributed by atoms with van der Waals surface area (Å²) < 4.78 is 6.00. The summed E-state index contributed by atoms with van der Waals surface area (Å²) in [6.07, 6.45) is 8.43. The number of nitrogens with zero attached hydrogens (tertiary/aromatic N) is 2. The lowest BCUT2D eigenvalue weighted by Gasteiger charge is -2.26. The highest BCUT2D eigenvalue weighted by Crippen LogP contribution is 2.33. The van der Waals surface area contributed by atoms with Crippen LogP contribution in [0.15, 0.2) is 71.4 Å². The second-order valence-corrected chi connectivity index (χ2v) is 9.72. The van der Waals surface area contributed by atoms with Crippen LogP contribution in [-0.2, 0) is 6.42 Å². The number of hydrogen-bond donors (Lipinski definition) is 2. The molecule has 0 saturated carbocycles. The fourth-order valence-corrected chi connectivity index (χ4v) is 5.54. The van der Waals surface area contributed by atoms with Crippen molar-refractivity contribution in [3.05, 3.63) is 98.6 Å². The number of ether oxygens (including phenoxy) is 1. The minimum atomic E-state index is 0.00230. The van der Waals surface area contributed by atoms with E-state index in [-0.39, 0.29) is 17.4 Å². The largest absolute Gasteiger partial charge is 0.508 e. The van der Waals surface area contributed by atoms with E-state index >= 15 is 0 Å². The lowest BCUT2D eigenvalue weighted by Crippen LogP contribution is -2.33. The summed E-state index contributed by atoms with van der Waals surface area (Å²) in [7, 11) is 0. The average Bonchev–Trinajstić information content (AvgIpc) is 3.23. The summed E-state index contributed by atoms with van der Waals surface area (Å²) in [5, 5.41) is 24.3. The normalized spacial score (nSPS) is 18.5. The maximum atomic E-state index is 10.4. The van der Waals surface area contributed by atoms with Crippen LogP contribution in [0.4, 0.5) is 5.69 Å². The highest BCUT2D eigenvalue weighted by atomic mass is 16.5. The number of benzene rings is 3. The first-order valence-corrected chi connectivity index (χ1v) is 12.6. The smallest absolute Gasteiger partial charge is 0.119 e. The van der Waals surface area contributed by atoms with E-state index in [0.29, 0.717) is 6.61 Å². The van der Waals surface area contributed by atoms with Gasteiger partial charge in [-0.3, -0.25) is 4.90 Å². The first kappa shape index (κ1) is 21.9. The van der Waals surface area contributed by atoms with Crippen LogP contribution in [0.2, 0.25) is 0 Å². The summed E-state index contributed by atoms with van der Waals surface area (Å²) in [4.78, 5) is 7.39. The lowest BCUT2D eigenvalue weighted by atomic mass is 9.85. The highest BCUT2D eigenvalue weighted by Gasteiger charge is 2.22. The molecule has 178 valence electrons. The zero-order chi connectivity index (χ0) is 23.8. The molecule has 3 aliphatic rings. The standard InChI is InChI=1S/C30H30N2O3/c33-23-7-11-28-27(19-23)26-10-6-21-17-24(34)18-22(29(21)30(26)31-28)16-20-4-8-25(9-5-20)35-15-14-32-12-2-1-3-13-32/h4-11,17-19,22,33-34H,1-3,12-16H2. The predicted octanol–water partition coefficient (Wildman–Crippen LogP) is 4.37. The second kappa shape index (κ2) is 9.23. The third kappa shape index (κ3) is 4.44. The highest BCUT2D eigenvalue weighted by molar-refractivity contribution is 5.62. The molecule has 1 fully saturated rings. The molecule has 0 bridgehead atoms. The van der Waals surface area contributed by atoms with Crippen molar-refractivity contribution in [1.82, 2.24) is 4.90 Å². The topological polar surface area (TPSA) is 65.3 Å². The van der Waals surface area contributed by atoms with E-state index in [4.69, 9.17) is 9.73 Å². The SMILES string of the molecule is OC1=CC(Cc2ccc(OCCN3CCCCC3)cc2)c2c3c(ccc2=C1)=c1cc(O)ccc1=N3. The van der Waals surface area contributed by atoms with Crippen LogP contribution in [0, 0.1) is 10.4 Å². The van der Waals surface area contributed by atoms with Crippen LogP contribution in [0.5, 0.6) is 11.5 Å². The van der Waals surface area contributed by atoms with Crippen molar-refractivity contribution in [2.75, 3.05) is 26.2 Å². The van der Waals surface area contributed by atoms with Gasteiger partial charge < -0.3 is 14.9 Å². The van der Waals surface area contributed by atoms with Gasteiger partial charge in [0.1, 0.15) is 23.9 Å². The maximum absolute atomic E-state index is 10.4. The summed E-state index contributed by atoms with van der Waals surface area (Å²) in [5.74, 6) is 1.42. The zero-order valence-corrected chi connectivity index (χ0v) is 19.8. The molecule has 2 aliphatic heterocycles. The Morgan fingerprint density at radius 1 is 0.914 bits per heavy atom. The van der Waals surface area contributed by atoms with Crippen molar-refractivity contribution < 1.29 is 14.9 Å². The summed E-state index contributed by atoms with van der Waals surface area (Å²) in [6.45, 7) is 4.07. The molecule has 5 nitrogen and oxygen atoms in total. The Kier molecular flexibility index (Phi) is 5.78. The van der Waals surface area contributed by atoms with Gasteiger partial charge in [0.2, 0.25) is 0 Å². The molecular formula is C30H30N2O3. The van der Waals surface area contributed by atoms with Crippen LogP contribution in [0.25, 0.3) is 6.08 Å². The van der Waals surface area contributed by atoms with Gasteiger partial charge >= 0.3 is 0 Å². The van der Waals surface area contributed by atoms with Crippen molar-refractivity contribution in [3.8, 4) is 11.5 Å². The molecule has 5 heteroatoms. The van der Waals surface area contributed by atoms with Gasteiger partial charge in [-0.1, -0.05) is 30.7 Å². The van der Waals surface area contributed by atoms with Crippen molar-refractivity contribution in [3.63, 3.8) is 0 Å². The average molecular weight is 467 g/mol. The number of aromatic hydroxyl groups is 1. The number of aliphatic hydroxyl groups excluding tert-OH is 1. The van der Waals surface area contributed by atoms with Gasteiger partial charge in [-0.15, -0.1) is 0 Å². The molecule has 0 amide bonds. The first-order valence-electron chi connectivity index (χ1n) is 12.6. The summed E-state index contributed by atoms with van der Waals surface area (Å²) >= 11 is 0. The van der Waals surface area contributed by atoms with Crippen LogP contribution < -0.4 is 15.3 Å². The van der Waals surface area contributed by atoms with Gasteiger partial charge in [-0.25, -0.2) is 4.99 Å². The number of aliphatic hydroxyl groups is 1. The van der Waals surface area contributed by atoms with Crippen molar-refractivity contribution in [1.29, 1.82) is 0 Å². The Bertz CT molecular complexity index is 1500. The van der Waals surface area contributed by atoms with Crippen LogP contribution in [0.3, 0.4) is 0 Å². The molecule has 1 atom stereocenters. The molecule has 3 aromatic carbocycles. The van der Waals surface area contributed by atoms with E-state index in [9.17, 15) is 10.2 Å². The van der Waals surface area contributed by atoms with Gasteiger partial charge in [0.05, 0.1) is 11.0 Å². The molecule has 35 heavy (non-hydrogen) atoms. The molecule has 3 aromatic rings. The number of likely N-dealkylation sites (tertiary alicyclic amines) is 1. The molecule has 6 rings (SSSR count). The van der Waals surface area contributed by atoms with Crippen LogP contribution in [0.1, 0.15) is 36.3 Å². The number of hydrogen-bond acceptors (Lipinski definition) is 5. The molecule has 1 unspecified atom stereocenters. The molecule has 2 heterocycles. The fraction of sp³-hybridized carbons (Fsp3) is 0.300. The number of allylic oxidation sites excluding steroid dienone is 2. The van der Waals surface area contributed by atoms with Crippen molar-refractivity contribution >= 4 is 11.8 Å². The molecule has 2 N–H and O–H groups in total. The molecule has 0 radical (unpaired) electrons. The van der Waals surface area contributed by atoms with Crippen LogP contribution in [-0.4, -0.2) is 41.4 Å². The Morgan fingerprint density at radius 2 is 1.74 bits per heavy atom. The molecule has 1 saturated heterocycles. The van der Waals surface area contributed by atoms with E-state index in [1.165, 1.54) is 37.9 Å². The van der Waals surface area contributed by atoms with E-state index in [1.54, 1.807) is 18.2 Å². The molecule has 1 aliphatic carbocycles. The number of fused-ring (bicyclic) bond motifs is 4. The van der Waals surface area contributed by atoms with E-state index in [1.807, 2.05) is 36.4 Å². The van der Waals surface area contributed by atoms with Gasteiger partial charge in [-0.05, 0) is 91.2 Å². The Hall–Kier alpha value is -3.57. The Labute approximate surface area is 204 Å². The monoisotopic (exact) mass is 466 g/mol. The van der Waals surface area contributed by atoms with Gasteiger partial charge in [-0.2, -0.15) is 0 Å². The number of phenolic OH excluding ortho intramolecular Hbond substituents is 1. The van der Waals surface area contributed by atoms with E-state index in [0.717, 1.165) is 51.0 Å². The van der Waals surface area contributed by atoms with Crippen LogP contribution >= 0.6 is 0 Å². The first-order chi connectivity index (χ1) is 17.1. The quantitative estimate of drug-likeness (QED) is 0.443. The van der Waals surface area contributed by atoms with E-state index < -0.39 is 0 Å². The van der Waals surface area contributed by atoms with Gasteiger partial charge in [0, 0.05) is 22.9 Å². The zero-order valence-electron chi connectivity index (χ0n) is 19.8. The van der Waals surface area contributed by atoms with Crippen molar-refractivity contribution in [2.45, 2.75) is 31.6 Å². The minimum absolute atomic E-state index is 0.00230. The number of rotatable bonds is 6. The predicted molar refractivity (Wildman–Crippen MR) is 137 cm³/mol. The minimum Gasteiger partial charge on any atom is -0.508 e. The number of piperidine rings is 1. The second-order valence-electron chi connectivity index (χ2n) is 9.72. The summed E-state index contributed by atoms with van der Waals surface area (Å²) in [6, 6.07) is 17.7.